The summed E-state index contributed by atoms with van der Waals surface area (Å²) < 4.78 is 0. The fourth-order valence-corrected chi connectivity index (χ4v) is 4.03. The summed E-state index contributed by atoms with van der Waals surface area (Å²) in [5.74, 6) is 1.19. The molecule has 2 rings (SSSR count). The van der Waals surface area contributed by atoms with Gasteiger partial charge in [-0.05, 0) is 71.0 Å². The zero-order valence-electron chi connectivity index (χ0n) is 13.7. The minimum atomic E-state index is -0.767. The Labute approximate surface area is 129 Å². The van der Waals surface area contributed by atoms with Crippen LogP contribution in [0.4, 0.5) is 0 Å². The molecule has 3 unspecified atom stereocenters. The molecular formula is C17H32N2O2. The van der Waals surface area contributed by atoms with E-state index in [4.69, 9.17) is 0 Å². The Bertz CT molecular complexity index is 348. The number of likely N-dealkylation sites (N-methyl/N-ethyl adjacent to an activating group) is 1. The molecule has 1 aliphatic heterocycles. The van der Waals surface area contributed by atoms with Crippen molar-refractivity contribution in [3.8, 4) is 0 Å². The van der Waals surface area contributed by atoms with Crippen LogP contribution in [-0.4, -0.2) is 48.2 Å². The number of hydrogen-bond donors (Lipinski definition) is 2. The topological polar surface area (TPSA) is 52.6 Å². The monoisotopic (exact) mass is 296 g/mol. The van der Waals surface area contributed by atoms with Crippen molar-refractivity contribution >= 4 is 5.97 Å². The Morgan fingerprint density at radius 1 is 1.24 bits per heavy atom. The Morgan fingerprint density at radius 3 is 2.62 bits per heavy atom. The van der Waals surface area contributed by atoms with Crippen LogP contribution in [0.1, 0.15) is 58.3 Å². The summed E-state index contributed by atoms with van der Waals surface area (Å²) in [5.41, 5.74) is -0.767. The van der Waals surface area contributed by atoms with Crippen molar-refractivity contribution < 1.29 is 9.90 Å². The van der Waals surface area contributed by atoms with Gasteiger partial charge in [-0.2, -0.15) is 0 Å². The third-order valence-corrected chi connectivity index (χ3v) is 5.80. The SMILES string of the molecule is CNC(C)(CCCCN1CCC2CCCCC2C1)C(=O)O. The predicted molar refractivity (Wildman–Crippen MR) is 85.5 cm³/mol. The van der Waals surface area contributed by atoms with Gasteiger partial charge in [0.1, 0.15) is 5.54 Å². The van der Waals surface area contributed by atoms with E-state index in [0.29, 0.717) is 6.42 Å². The quantitative estimate of drug-likeness (QED) is 0.709. The summed E-state index contributed by atoms with van der Waals surface area (Å²) >= 11 is 0. The molecule has 1 saturated heterocycles. The van der Waals surface area contributed by atoms with Gasteiger partial charge >= 0.3 is 5.97 Å². The van der Waals surface area contributed by atoms with Crippen molar-refractivity contribution in [2.24, 2.45) is 11.8 Å². The van der Waals surface area contributed by atoms with Gasteiger partial charge in [0.05, 0.1) is 0 Å². The number of nitrogens with one attached hydrogen (secondary N) is 1. The average molecular weight is 296 g/mol. The lowest BCUT2D eigenvalue weighted by molar-refractivity contribution is -0.144. The van der Waals surface area contributed by atoms with E-state index in [2.05, 4.69) is 10.2 Å². The van der Waals surface area contributed by atoms with E-state index in [1.165, 1.54) is 45.2 Å². The normalized spacial score (nSPS) is 29.6. The Hall–Kier alpha value is -0.610. The highest BCUT2D eigenvalue weighted by atomic mass is 16.4. The van der Waals surface area contributed by atoms with Crippen molar-refractivity contribution in [1.82, 2.24) is 10.2 Å². The molecule has 0 bridgehead atoms. The van der Waals surface area contributed by atoms with E-state index < -0.39 is 11.5 Å². The predicted octanol–water partition coefficient (Wildman–Crippen LogP) is 2.73. The molecule has 3 atom stereocenters. The number of fused-ring (bicyclic) bond motifs is 1. The molecule has 1 heterocycles. The van der Waals surface area contributed by atoms with Crippen molar-refractivity contribution in [3.63, 3.8) is 0 Å². The van der Waals surface area contributed by atoms with Crippen LogP contribution in [0.5, 0.6) is 0 Å². The number of unbranched alkanes of at least 4 members (excludes halogenated alkanes) is 1. The maximum absolute atomic E-state index is 11.2. The first kappa shape index (κ1) is 16.8. The second-order valence-electron chi connectivity index (χ2n) is 7.24. The van der Waals surface area contributed by atoms with Crippen molar-refractivity contribution in [1.29, 1.82) is 0 Å². The number of carbonyl (C=O) groups is 1. The number of carboxylic acids is 1. The molecule has 0 radical (unpaired) electrons. The molecule has 0 aromatic carbocycles. The number of piperidine rings is 1. The van der Waals surface area contributed by atoms with Crippen LogP contribution in [0.3, 0.4) is 0 Å². The van der Waals surface area contributed by atoms with Crippen LogP contribution >= 0.6 is 0 Å². The van der Waals surface area contributed by atoms with Crippen LogP contribution < -0.4 is 5.32 Å². The van der Waals surface area contributed by atoms with E-state index in [9.17, 15) is 9.90 Å². The third-order valence-electron chi connectivity index (χ3n) is 5.80. The van der Waals surface area contributed by atoms with Crippen molar-refractivity contribution in [2.45, 2.75) is 63.8 Å². The molecule has 0 amide bonds. The van der Waals surface area contributed by atoms with Gasteiger partial charge < -0.3 is 15.3 Å². The molecule has 2 aliphatic rings. The zero-order chi connectivity index (χ0) is 15.3. The molecule has 4 nitrogen and oxygen atoms in total. The second kappa shape index (κ2) is 7.59. The minimum Gasteiger partial charge on any atom is -0.480 e. The van der Waals surface area contributed by atoms with E-state index >= 15 is 0 Å². The van der Waals surface area contributed by atoms with Crippen molar-refractivity contribution in [3.05, 3.63) is 0 Å². The summed E-state index contributed by atoms with van der Waals surface area (Å²) in [5, 5.41) is 12.2. The Balaban J connectivity index is 1.66. The number of rotatable bonds is 7. The van der Waals surface area contributed by atoms with Gasteiger partial charge in [-0.25, -0.2) is 0 Å². The Morgan fingerprint density at radius 2 is 1.95 bits per heavy atom. The standard InChI is InChI=1S/C17H32N2O2/c1-17(18-2,16(20)21)10-5-6-11-19-12-9-14-7-3-4-8-15(14)13-19/h14-15,18H,3-13H2,1-2H3,(H,20,21). The second-order valence-corrected chi connectivity index (χ2v) is 7.24. The summed E-state index contributed by atoms with van der Waals surface area (Å²) in [6.45, 7) is 5.46. The lowest BCUT2D eigenvalue weighted by Crippen LogP contribution is -2.47. The van der Waals surface area contributed by atoms with Gasteiger partial charge in [0.2, 0.25) is 0 Å². The molecule has 0 aromatic heterocycles. The molecule has 1 saturated carbocycles. The van der Waals surface area contributed by atoms with Gasteiger partial charge in [-0.15, -0.1) is 0 Å². The molecule has 122 valence electrons. The highest BCUT2D eigenvalue weighted by Gasteiger charge is 2.32. The Kier molecular flexibility index (Phi) is 6.06. The minimum absolute atomic E-state index is 0.707. The molecule has 0 spiro atoms. The van der Waals surface area contributed by atoms with Crippen LogP contribution in [0, 0.1) is 11.8 Å². The van der Waals surface area contributed by atoms with E-state index in [1.807, 2.05) is 0 Å². The summed E-state index contributed by atoms with van der Waals surface area (Å²) in [7, 11) is 1.74. The number of aliphatic carboxylic acids is 1. The number of nitrogens with zero attached hydrogens (tertiary/aromatic N) is 1. The number of likely N-dealkylation sites (tertiary alicyclic amines) is 1. The first-order chi connectivity index (χ1) is 10.0. The smallest absolute Gasteiger partial charge is 0.323 e. The lowest BCUT2D eigenvalue weighted by atomic mass is 9.75. The summed E-state index contributed by atoms with van der Waals surface area (Å²) in [6.07, 6.45) is 9.94. The van der Waals surface area contributed by atoms with Crippen LogP contribution in [-0.2, 0) is 4.79 Å². The first-order valence-electron chi connectivity index (χ1n) is 8.70. The molecule has 4 heteroatoms. The molecule has 2 fully saturated rings. The van der Waals surface area contributed by atoms with Crippen LogP contribution in [0.25, 0.3) is 0 Å². The average Bonchev–Trinajstić information content (AvgIpc) is 2.51. The molecule has 0 aromatic rings. The number of carboxylic acid groups (broad SMARTS) is 1. The van der Waals surface area contributed by atoms with Gasteiger partial charge in [-0.3, -0.25) is 4.79 Å². The fourth-order valence-electron chi connectivity index (χ4n) is 4.03. The zero-order valence-corrected chi connectivity index (χ0v) is 13.7. The van der Waals surface area contributed by atoms with E-state index in [-0.39, 0.29) is 0 Å². The molecule has 2 N–H and O–H groups in total. The summed E-state index contributed by atoms with van der Waals surface area (Å²) in [4.78, 5) is 13.8. The molecule has 1 aliphatic carbocycles. The van der Waals surface area contributed by atoms with Crippen molar-refractivity contribution in [2.75, 3.05) is 26.7 Å². The van der Waals surface area contributed by atoms with E-state index in [1.54, 1.807) is 14.0 Å². The van der Waals surface area contributed by atoms with E-state index in [0.717, 1.165) is 31.2 Å². The number of hydrogen-bond acceptors (Lipinski definition) is 3. The fraction of sp³-hybridized carbons (Fsp3) is 0.941. The van der Waals surface area contributed by atoms with Gasteiger partial charge in [-0.1, -0.05) is 19.3 Å². The molecule has 21 heavy (non-hydrogen) atoms. The van der Waals surface area contributed by atoms with Gasteiger partial charge in [0.15, 0.2) is 0 Å². The largest absolute Gasteiger partial charge is 0.480 e. The maximum atomic E-state index is 11.2. The highest BCUT2D eigenvalue weighted by Crippen LogP contribution is 2.36. The lowest BCUT2D eigenvalue weighted by Gasteiger charge is -2.41. The third kappa shape index (κ3) is 4.43. The highest BCUT2D eigenvalue weighted by molar-refractivity contribution is 5.78. The van der Waals surface area contributed by atoms with Gasteiger partial charge in [0, 0.05) is 6.54 Å². The molecular weight excluding hydrogens is 264 g/mol. The van der Waals surface area contributed by atoms with Crippen LogP contribution in [0.2, 0.25) is 0 Å². The maximum Gasteiger partial charge on any atom is 0.323 e. The summed E-state index contributed by atoms with van der Waals surface area (Å²) in [6, 6.07) is 0. The first-order valence-corrected chi connectivity index (χ1v) is 8.70. The van der Waals surface area contributed by atoms with Gasteiger partial charge in [0.25, 0.3) is 0 Å². The van der Waals surface area contributed by atoms with Crippen LogP contribution in [0.15, 0.2) is 0 Å².